The lowest BCUT2D eigenvalue weighted by Crippen LogP contribution is -2.53. The Bertz CT molecular complexity index is 1190. The van der Waals surface area contributed by atoms with Gasteiger partial charge in [0.15, 0.2) is 0 Å². The summed E-state index contributed by atoms with van der Waals surface area (Å²) >= 11 is 12.6. The highest BCUT2D eigenvalue weighted by Gasteiger charge is 2.66. The van der Waals surface area contributed by atoms with E-state index in [1.807, 2.05) is 18.2 Å². The summed E-state index contributed by atoms with van der Waals surface area (Å²) in [6.07, 6.45) is 9.12. The number of aliphatic hydroxyl groups is 1. The number of fused-ring (bicyclic) bond motifs is 2. The van der Waals surface area contributed by atoms with Crippen molar-refractivity contribution in [1.29, 1.82) is 0 Å². The van der Waals surface area contributed by atoms with E-state index in [0.717, 1.165) is 0 Å². The van der Waals surface area contributed by atoms with Crippen LogP contribution in [0.5, 0.6) is 0 Å². The van der Waals surface area contributed by atoms with Gasteiger partial charge in [-0.05, 0) is 73.6 Å². The third-order valence-corrected chi connectivity index (χ3v) is 9.18. The van der Waals surface area contributed by atoms with Gasteiger partial charge in [-0.2, -0.15) is 0 Å². The van der Waals surface area contributed by atoms with Crippen molar-refractivity contribution in [3.05, 3.63) is 51.8 Å². The number of anilines is 1. The molecule has 2 fully saturated rings. The number of carbonyl (C=O) groups excluding carboxylic acids is 2. The zero-order valence-electron chi connectivity index (χ0n) is 22.0. The summed E-state index contributed by atoms with van der Waals surface area (Å²) in [6.45, 7) is 6.28. The first-order chi connectivity index (χ1) is 17.9. The van der Waals surface area contributed by atoms with Crippen LogP contribution in [0.15, 0.2) is 35.4 Å². The van der Waals surface area contributed by atoms with Gasteiger partial charge in [-0.25, -0.2) is 4.39 Å². The maximum absolute atomic E-state index is 15.0. The van der Waals surface area contributed by atoms with Crippen LogP contribution in [0.3, 0.4) is 0 Å². The summed E-state index contributed by atoms with van der Waals surface area (Å²) in [4.78, 5) is 28.1. The summed E-state index contributed by atoms with van der Waals surface area (Å²) in [5, 5.41) is 20.3. The maximum atomic E-state index is 15.0. The molecule has 5 atom stereocenters. The number of benzene rings is 1. The number of amides is 2. The molecule has 1 aromatic rings. The van der Waals surface area contributed by atoms with Gasteiger partial charge < -0.3 is 21.1 Å². The maximum Gasteiger partial charge on any atom is 0.237 e. The molecule has 9 heteroatoms. The van der Waals surface area contributed by atoms with Crippen molar-refractivity contribution in [3.8, 4) is 0 Å². The van der Waals surface area contributed by atoms with Crippen LogP contribution < -0.4 is 16.0 Å². The third kappa shape index (κ3) is 4.91. The third-order valence-electron chi connectivity index (χ3n) is 8.61. The Morgan fingerprint density at radius 3 is 2.58 bits per heavy atom. The molecule has 2 heterocycles. The molecule has 1 saturated carbocycles. The van der Waals surface area contributed by atoms with Crippen LogP contribution in [-0.4, -0.2) is 41.2 Å². The van der Waals surface area contributed by atoms with Crippen LogP contribution in [0.25, 0.3) is 0 Å². The van der Waals surface area contributed by atoms with Gasteiger partial charge in [0.1, 0.15) is 5.82 Å². The fraction of sp³-hybridized carbons (Fsp3) is 0.586. The SMILES string of the molecule is CC(C)(C)CC1NC(C(=O)NC2CCC(O)CC2)C(C2C=CC=C(Cl)C2)C12C(=O)Nc1cc(Cl)c(F)cc12. The largest absolute Gasteiger partial charge is 0.393 e. The van der Waals surface area contributed by atoms with Crippen molar-refractivity contribution in [2.75, 3.05) is 5.32 Å². The Morgan fingerprint density at radius 1 is 1.21 bits per heavy atom. The molecule has 4 N–H and O–H groups in total. The van der Waals surface area contributed by atoms with E-state index in [9.17, 15) is 19.1 Å². The van der Waals surface area contributed by atoms with Crippen LogP contribution in [0, 0.1) is 23.1 Å². The average molecular weight is 565 g/mol. The number of carbonyl (C=O) groups is 2. The molecule has 1 aromatic carbocycles. The Labute approximate surface area is 233 Å². The van der Waals surface area contributed by atoms with Crippen molar-refractivity contribution in [1.82, 2.24) is 10.6 Å². The second-order valence-corrected chi connectivity index (χ2v) is 13.4. The summed E-state index contributed by atoms with van der Waals surface area (Å²) in [5.74, 6) is -1.78. The van der Waals surface area contributed by atoms with E-state index in [2.05, 4.69) is 36.7 Å². The van der Waals surface area contributed by atoms with Gasteiger partial charge in [0.25, 0.3) is 0 Å². The molecule has 38 heavy (non-hydrogen) atoms. The van der Waals surface area contributed by atoms with E-state index in [1.54, 1.807) is 0 Å². The van der Waals surface area contributed by atoms with Crippen LogP contribution in [0.4, 0.5) is 10.1 Å². The molecule has 6 nitrogen and oxygen atoms in total. The zero-order chi connectivity index (χ0) is 27.4. The van der Waals surface area contributed by atoms with Crippen LogP contribution in [0.2, 0.25) is 5.02 Å². The van der Waals surface area contributed by atoms with Gasteiger partial charge >= 0.3 is 0 Å². The molecular formula is C29H36Cl2FN3O3. The highest BCUT2D eigenvalue weighted by atomic mass is 35.5. The molecular weight excluding hydrogens is 528 g/mol. The standard InChI is InChI=1S/C29H36Cl2FN3O3/c1-28(2,3)14-23-29(19-12-21(32)20(31)13-22(19)34-27(29)38)24(15-5-4-6-16(30)11-15)25(35-23)26(37)33-17-7-9-18(36)10-8-17/h4-6,12-13,15,17-18,23-25,35-36H,7-11,14H2,1-3H3,(H,33,37)(H,34,38). The second-order valence-electron chi connectivity index (χ2n) is 12.5. The molecule has 2 amide bonds. The first-order valence-electron chi connectivity index (χ1n) is 13.5. The molecule has 5 unspecified atom stereocenters. The lowest BCUT2D eigenvalue weighted by Gasteiger charge is -2.40. The van der Waals surface area contributed by atoms with Crippen molar-refractivity contribution in [2.24, 2.45) is 17.3 Å². The number of allylic oxidation sites excluding steroid dienone is 4. The highest BCUT2D eigenvalue weighted by Crippen LogP contribution is 2.56. The predicted octanol–water partition coefficient (Wildman–Crippen LogP) is 5.18. The molecule has 1 spiro atoms. The van der Waals surface area contributed by atoms with Crippen LogP contribution in [-0.2, 0) is 15.0 Å². The van der Waals surface area contributed by atoms with Crippen molar-refractivity contribution in [2.45, 2.75) is 88.9 Å². The fourth-order valence-electron chi connectivity index (χ4n) is 7.04. The molecule has 0 aromatic heterocycles. The van der Waals surface area contributed by atoms with E-state index < -0.39 is 29.2 Å². The van der Waals surface area contributed by atoms with E-state index in [4.69, 9.17) is 23.2 Å². The van der Waals surface area contributed by atoms with E-state index >= 15 is 0 Å². The van der Waals surface area contributed by atoms with Gasteiger partial charge in [0, 0.05) is 28.7 Å². The summed E-state index contributed by atoms with van der Waals surface area (Å²) in [6, 6.07) is 1.65. The summed E-state index contributed by atoms with van der Waals surface area (Å²) < 4.78 is 15.0. The molecule has 2 aliphatic carbocycles. The Balaban J connectivity index is 1.62. The minimum absolute atomic E-state index is 0.0442. The molecule has 5 rings (SSSR count). The van der Waals surface area contributed by atoms with Crippen LogP contribution in [0.1, 0.15) is 64.9 Å². The first kappa shape index (κ1) is 27.6. The normalized spacial score (nSPS) is 34.7. The molecule has 4 aliphatic rings. The number of rotatable bonds is 4. The van der Waals surface area contributed by atoms with Crippen molar-refractivity contribution < 1.29 is 19.1 Å². The Morgan fingerprint density at radius 2 is 1.92 bits per heavy atom. The van der Waals surface area contributed by atoms with E-state index in [1.165, 1.54) is 12.1 Å². The number of hydrogen-bond acceptors (Lipinski definition) is 4. The monoisotopic (exact) mass is 563 g/mol. The fourth-order valence-corrected chi connectivity index (χ4v) is 7.46. The van der Waals surface area contributed by atoms with Crippen molar-refractivity contribution in [3.63, 3.8) is 0 Å². The topological polar surface area (TPSA) is 90.5 Å². The average Bonchev–Trinajstić information content (AvgIpc) is 3.30. The lowest BCUT2D eigenvalue weighted by atomic mass is 9.60. The minimum atomic E-state index is -1.21. The molecule has 0 bridgehead atoms. The highest BCUT2D eigenvalue weighted by molar-refractivity contribution is 6.31. The predicted molar refractivity (Wildman–Crippen MR) is 148 cm³/mol. The molecule has 1 saturated heterocycles. The number of nitrogens with one attached hydrogen (secondary N) is 3. The van der Waals surface area contributed by atoms with Gasteiger partial charge in [-0.15, -0.1) is 0 Å². The summed E-state index contributed by atoms with van der Waals surface area (Å²) in [7, 11) is 0. The quantitative estimate of drug-likeness (QED) is 0.406. The molecule has 0 radical (unpaired) electrons. The minimum Gasteiger partial charge on any atom is -0.393 e. The van der Waals surface area contributed by atoms with E-state index in [0.29, 0.717) is 54.8 Å². The number of hydrogen-bond donors (Lipinski definition) is 4. The second kappa shape index (κ2) is 10.2. The molecule has 206 valence electrons. The number of halogens is 3. The van der Waals surface area contributed by atoms with Gasteiger partial charge in [-0.1, -0.05) is 56.1 Å². The molecule has 2 aliphatic heterocycles. The first-order valence-corrected chi connectivity index (χ1v) is 14.2. The van der Waals surface area contributed by atoms with Gasteiger partial charge in [0.05, 0.1) is 22.6 Å². The smallest absolute Gasteiger partial charge is 0.237 e. The van der Waals surface area contributed by atoms with Gasteiger partial charge in [-0.3, -0.25) is 9.59 Å². The zero-order valence-corrected chi connectivity index (χ0v) is 23.5. The number of aliphatic hydroxyl groups excluding tert-OH is 1. The lowest BCUT2D eigenvalue weighted by molar-refractivity contribution is -0.126. The van der Waals surface area contributed by atoms with Crippen molar-refractivity contribution >= 4 is 40.7 Å². The van der Waals surface area contributed by atoms with Gasteiger partial charge in [0.2, 0.25) is 11.8 Å². The Hall–Kier alpha value is -1.93. The Kier molecular flexibility index (Phi) is 7.44. The summed E-state index contributed by atoms with van der Waals surface area (Å²) in [5.41, 5.74) is -0.377. The van der Waals surface area contributed by atoms with Crippen LogP contribution >= 0.6 is 23.2 Å². The van der Waals surface area contributed by atoms with E-state index in [-0.39, 0.29) is 40.3 Å².